The van der Waals surface area contributed by atoms with Crippen LogP contribution in [-0.4, -0.2) is 40.4 Å². The number of nitrogens with zero attached hydrogens (tertiary/aromatic N) is 4. The van der Waals surface area contributed by atoms with Gasteiger partial charge in [-0.15, -0.1) is 11.3 Å². The zero-order valence-corrected chi connectivity index (χ0v) is 14.5. The number of carbonyl (C=O) groups excluding carboxylic acids is 1. The molecule has 24 heavy (non-hydrogen) atoms. The van der Waals surface area contributed by atoms with Gasteiger partial charge in [0.05, 0.1) is 12.0 Å². The lowest BCUT2D eigenvalue weighted by atomic mass is 9.96. The van der Waals surface area contributed by atoms with Crippen LogP contribution < -0.4 is 4.90 Å². The highest BCUT2D eigenvalue weighted by molar-refractivity contribution is 7.10. The zero-order valence-electron chi connectivity index (χ0n) is 13.7. The number of rotatable bonds is 3. The van der Waals surface area contributed by atoms with Crippen molar-refractivity contribution < 1.29 is 4.79 Å². The molecule has 0 spiro atoms. The first-order valence-corrected chi connectivity index (χ1v) is 9.57. The van der Waals surface area contributed by atoms with E-state index in [2.05, 4.69) is 37.3 Å². The van der Waals surface area contributed by atoms with E-state index in [-0.39, 0.29) is 12.0 Å². The Bertz CT molecular complexity index is 676. The number of anilines is 1. The molecule has 2 aromatic heterocycles. The minimum absolute atomic E-state index is 0.0584. The van der Waals surface area contributed by atoms with Crippen LogP contribution in [0, 0.1) is 5.92 Å². The first kappa shape index (κ1) is 15.6. The molecule has 0 bridgehead atoms. The van der Waals surface area contributed by atoms with Crippen LogP contribution in [0.15, 0.2) is 36.0 Å². The molecule has 0 aromatic carbocycles. The highest BCUT2D eigenvalue weighted by atomic mass is 32.1. The molecule has 2 atom stereocenters. The Labute approximate surface area is 146 Å². The maximum Gasteiger partial charge on any atom is 0.228 e. The lowest BCUT2D eigenvalue weighted by Crippen LogP contribution is -2.45. The lowest BCUT2D eigenvalue weighted by molar-refractivity contribution is -0.136. The Balaban J connectivity index is 1.47. The summed E-state index contributed by atoms with van der Waals surface area (Å²) in [6, 6.07) is 6.34. The molecule has 2 aliphatic heterocycles. The van der Waals surface area contributed by atoms with Gasteiger partial charge >= 0.3 is 0 Å². The fourth-order valence-corrected chi connectivity index (χ4v) is 4.73. The number of hydrogen-bond acceptors (Lipinski definition) is 5. The summed E-state index contributed by atoms with van der Waals surface area (Å²) in [5.74, 6) is 1.11. The molecule has 2 unspecified atom stereocenters. The van der Waals surface area contributed by atoms with Crippen molar-refractivity contribution in [3.8, 4) is 0 Å². The second-order valence-electron chi connectivity index (χ2n) is 6.54. The van der Waals surface area contributed by atoms with Crippen LogP contribution in [0.2, 0.25) is 0 Å². The second kappa shape index (κ2) is 6.89. The summed E-state index contributed by atoms with van der Waals surface area (Å²) in [5.41, 5.74) is 0. The number of hydrogen-bond donors (Lipinski definition) is 0. The highest BCUT2D eigenvalue weighted by Gasteiger charge is 2.36. The van der Waals surface area contributed by atoms with Crippen molar-refractivity contribution >= 4 is 23.2 Å². The molecule has 0 radical (unpaired) electrons. The minimum Gasteiger partial charge on any atom is -0.340 e. The summed E-state index contributed by atoms with van der Waals surface area (Å²) < 4.78 is 0. The number of piperidine rings is 1. The minimum atomic E-state index is 0.0584. The molecule has 1 amide bonds. The van der Waals surface area contributed by atoms with Gasteiger partial charge in [0.25, 0.3) is 0 Å². The van der Waals surface area contributed by atoms with Crippen molar-refractivity contribution in [2.75, 3.05) is 24.5 Å². The smallest absolute Gasteiger partial charge is 0.228 e. The number of likely N-dealkylation sites (tertiary alicyclic amines) is 1. The maximum atomic E-state index is 13.1. The third-order valence-electron chi connectivity index (χ3n) is 5.01. The Morgan fingerprint density at radius 2 is 1.96 bits per heavy atom. The Morgan fingerprint density at radius 3 is 2.75 bits per heavy atom. The number of amides is 1. The fraction of sp³-hybridized carbons (Fsp3) is 0.500. The third-order valence-corrected chi connectivity index (χ3v) is 5.99. The van der Waals surface area contributed by atoms with Gasteiger partial charge in [0.2, 0.25) is 11.9 Å². The number of thiophene rings is 1. The van der Waals surface area contributed by atoms with Gasteiger partial charge in [-0.25, -0.2) is 9.97 Å². The monoisotopic (exact) mass is 342 g/mol. The molecule has 4 heterocycles. The van der Waals surface area contributed by atoms with Gasteiger partial charge in [0.15, 0.2) is 0 Å². The van der Waals surface area contributed by atoms with Crippen LogP contribution in [0.4, 0.5) is 5.95 Å². The molecule has 0 N–H and O–H groups in total. The SMILES string of the molecule is O=C(C1CCCN(c2ncccn2)C1)N1CCCC1c1cccs1. The molecular weight excluding hydrogens is 320 g/mol. The summed E-state index contributed by atoms with van der Waals surface area (Å²) in [5, 5.41) is 2.10. The Hall–Kier alpha value is -1.95. The lowest BCUT2D eigenvalue weighted by Gasteiger charge is -2.35. The number of aromatic nitrogens is 2. The van der Waals surface area contributed by atoms with Crippen molar-refractivity contribution in [2.24, 2.45) is 5.92 Å². The number of carbonyl (C=O) groups is 1. The van der Waals surface area contributed by atoms with Crippen molar-refractivity contribution in [1.82, 2.24) is 14.9 Å². The van der Waals surface area contributed by atoms with Gasteiger partial charge in [-0.1, -0.05) is 6.07 Å². The van der Waals surface area contributed by atoms with E-state index in [0.29, 0.717) is 5.91 Å². The van der Waals surface area contributed by atoms with E-state index in [0.717, 1.165) is 51.3 Å². The van der Waals surface area contributed by atoms with E-state index < -0.39 is 0 Å². The van der Waals surface area contributed by atoms with Crippen LogP contribution >= 0.6 is 11.3 Å². The van der Waals surface area contributed by atoms with E-state index in [1.165, 1.54) is 4.88 Å². The summed E-state index contributed by atoms with van der Waals surface area (Å²) in [6.45, 7) is 2.55. The van der Waals surface area contributed by atoms with E-state index >= 15 is 0 Å². The molecule has 0 saturated carbocycles. The predicted molar refractivity (Wildman–Crippen MR) is 95.0 cm³/mol. The first-order valence-electron chi connectivity index (χ1n) is 8.69. The van der Waals surface area contributed by atoms with Gasteiger partial charge in [-0.05, 0) is 43.2 Å². The van der Waals surface area contributed by atoms with Crippen molar-refractivity contribution in [3.05, 3.63) is 40.8 Å². The van der Waals surface area contributed by atoms with E-state index in [1.54, 1.807) is 23.7 Å². The summed E-state index contributed by atoms with van der Waals surface area (Å²) in [6.07, 6.45) is 7.71. The second-order valence-corrected chi connectivity index (χ2v) is 7.52. The van der Waals surface area contributed by atoms with E-state index in [1.807, 2.05) is 6.07 Å². The molecule has 5 nitrogen and oxygen atoms in total. The van der Waals surface area contributed by atoms with Crippen LogP contribution in [-0.2, 0) is 4.79 Å². The van der Waals surface area contributed by atoms with E-state index in [9.17, 15) is 4.79 Å². The molecule has 126 valence electrons. The summed E-state index contributed by atoms with van der Waals surface area (Å²) in [7, 11) is 0. The topological polar surface area (TPSA) is 49.3 Å². The average molecular weight is 342 g/mol. The maximum absolute atomic E-state index is 13.1. The highest BCUT2D eigenvalue weighted by Crippen LogP contribution is 2.36. The van der Waals surface area contributed by atoms with Crippen molar-refractivity contribution in [1.29, 1.82) is 0 Å². The third kappa shape index (κ3) is 3.02. The van der Waals surface area contributed by atoms with Gasteiger partial charge in [-0.3, -0.25) is 4.79 Å². The largest absolute Gasteiger partial charge is 0.340 e. The predicted octanol–water partition coefficient (Wildman–Crippen LogP) is 3.12. The fourth-order valence-electron chi connectivity index (χ4n) is 3.86. The quantitative estimate of drug-likeness (QED) is 0.860. The van der Waals surface area contributed by atoms with Gasteiger partial charge in [-0.2, -0.15) is 0 Å². The molecular formula is C18H22N4OS. The molecule has 2 fully saturated rings. The van der Waals surface area contributed by atoms with Crippen molar-refractivity contribution in [2.45, 2.75) is 31.7 Å². The zero-order chi connectivity index (χ0) is 16.4. The molecule has 2 aromatic rings. The summed E-state index contributed by atoms with van der Waals surface area (Å²) >= 11 is 1.76. The van der Waals surface area contributed by atoms with Gasteiger partial charge < -0.3 is 9.80 Å². The molecule has 6 heteroatoms. The normalized spacial score (nSPS) is 24.3. The Morgan fingerprint density at radius 1 is 1.12 bits per heavy atom. The van der Waals surface area contributed by atoms with Crippen molar-refractivity contribution in [3.63, 3.8) is 0 Å². The van der Waals surface area contributed by atoms with Crippen LogP contribution in [0.5, 0.6) is 0 Å². The molecule has 2 aliphatic rings. The average Bonchev–Trinajstić information content (AvgIpc) is 3.33. The first-order chi connectivity index (χ1) is 11.8. The van der Waals surface area contributed by atoms with E-state index in [4.69, 9.17) is 0 Å². The summed E-state index contributed by atoms with van der Waals surface area (Å²) in [4.78, 5) is 27.4. The van der Waals surface area contributed by atoms with Crippen LogP contribution in [0.3, 0.4) is 0 Å². The van der Waals surface area contributed by atoms with Gasteiger partial charge in [0.1, 0.15) is 0 Å². The van der Waals surface area contributed by atoms with Crippen LogP contribution in [0.25, 0.3) is 0 Å². The van der Waals surface area contributed by atoms with Gasteiger partial charge in [0, 0.05) is 36.9 Å². The molecule has 0 aliphatic carbocycles. The van der Waals surface area contributed by atoms with Crippen LogP contribution in [0.1, 0.15) is 36.6 Å². The Kier molecular flexibility index (Phi) is 4.47. The molecule has 2 saturated heterocycles. The standard InChI is InChI=1S/C18H22N4OS/c23-17(22-11-2-6-15(22)16-7-3-12-24-16)14-5-1-10-21(13-14)18-19-8-4-9-20-18/h3-4,7-9,12,14-15H,1-2,5-6,10-11,13H2. The molecule has 4 rings (SSSR count).